The monoisotopic (exact) mass is 305 g/mol. The van der Waals surface area contributed by atoms with Gasteiger partial charge in [0.2, 0.25) is 0 Å². The lowest BCUT2D eigenvalue weighted by Gasteiger charge is -2.19. The maximum atomic E-state index is 13.5. The normalized spacial score (nSPS) is 12.8. The molecule has 1 N–H and O–H groups in total. The molecule has 0 saturated heterocycles. The highest BCUT2D eigenvalue weighted by Gasteiger charge is 2.17. The van der Waals surface area contributed by atoms with E-state index in [1.165, 1.54) is 6.07 Å². The average Bonchev–Trinajstić information content (AvgIpc) is 2.32. The first-order valence-electron chi connectivity index (χ1n) is 5.98. The Morgan fingerprint density at radius 3 is 2.59 bits per heavy atom. The molecule has 4 heteroatoms. The molecule has 17 heavy (non-hydrogen) atoms. The summed E-state index contributed by atoms with van der Waals surface area (Å²) in [5, 5.41) is 3.30. The third-order valence-electron chi connectivity index (χ3n) is 2.74. The third kappa shape index (κ3) is 3.75. The van der Waals surface area contributed by atoms with Crippen molar-refractivity contribution in [3.05, 3.63) is 33.8 Å². The van der Waals surface area contributed by atoms with Gasteiger partial charge in [0.25, 0.3) is 0 Å². The summed E-state index contributed by atoms with van der Waals surface area (Å²) in [6.07, 6.45) is 3.07. The van der Waals surface area contributed by atoms with Crippen molar-refractivity contribution in [2.45, 2.75) is 39.2 Å². The number of unbranched alkanes of at least 4 members (excludes halogenated alkanes) is 1. The second-order valence-electron chi connectivity index (χ2n) is 4.02. The van der Waals surface area contributed by atoms with Crippen LogP contribution >= 0.6 is 15.9 Å². The van der Waals surface area contributed by atoms with Crippen LogP contribution in [0.3, 0.4) is 0 Å². The van der Waals surface area contributed by atoms with Gasteiger partial charge in [0, 0.05) is 6.04 Å². The number of nitrogens with one attached hydrogen (secondary N) is 1. The van der Waals surface area contributed by atoms with Gasteiger partial charge in [-0.25, -0.2) is 8.78 Å². The van der Waals surface area contributed by atoms with Gasteiger partial charge in [-0.05, 0) is 40.5 Å². The zero-order valence-corrected chi connectivity index (χ0v) is 11.8. The Balaban J connectivity index is 2.97. The Morgan fingerprint density at radius 2 is 2.00 bits per heavy atom. The molecule has 1 aromatic rings. The van der Waals surface area contributed by atoms with Gasteiger partial charge in [-0.1, -0.05) is 32.8 Å². The molecule has 0 saturated carbocycles. The molecule has 0 amide bonds. The highest BCUT2D eigenvalue weighted by Crippen LogP contribution is 2.30. The van der Waals surface area contributed by atoms with Crippen LogP contribution in [0.25, 0.3) is 0 Å². The standard InChI is InChI=1S/C13H18BrF2N/c1-3-5-6-11(17-4-2)9-7-8-10(15)13(16)12(9)14/h7-8,11,17H,3-6H2,1-2H3. The molecule has 0 bridgehead atoms. The Morgan fingerprint density at radius 1 is 1.29 bits per heavy atom. The first kappa shape index (κ1) is 14.6. The van der Waals surface area contributed by atoms with Crippen LogP contribution in [-0.4, -0.2) is 6.54 Å². The molecule has 0 heterocycles. The van der Waals surface area contributed by atoms with Gasteiger partial charge in [-0.15, -0.1) is 0 Å². The summed E-state index contributed by atoms with van der Waals surface area (Å²) in [6, 6.07) is 2.90. The molecular formula is C13H18BrF2N. The van der Waals surface area contributed by atoms with E-state index in [0.29, 0.717) is 0 Å². The van der Waals surface area contributed by atoms with Crippen molar-refractivity contribution in [1.29, 1.82) is 0 Å². The molecule has 1 nitrogen and oxygen atoms in total. The molecular weight excluding hydrogens is 288 g/mol. The minimum atomic E-state index is -0.814. The van der Waals surface area contributed by atoms with E-state index in [1.807, 2.05) is 6.92 Å². The van der Waals surface area contributed by atoms with Crippen LogP contribution in [0.15, 0.2) is 16.6 Å². The Kier molecular flexibility index (Phi) is 6.06. The maximum absolute atomic E-state index is 13.5. The fourth-order valence-corrected chi connectivity index (χ4v) is 2.43. The number of rotatable bonds is 6. The summed E-state index contributed by atoms with van der Waals surface area (Å²) in [6.45, 7) is 4.93. The zero-order valence-electron chi connectivity index (χ0n) is 10.2. The number of halogens is 3. The molecule has 1 atom stereocenters. The van der Waals surface area contributed by atoms with Crippen molar-refractivity contribution >= 4 is 15.9 Å². The quantitative estimate of drug-likeness (QED) is 0.759. The summed E-state index contributed by atoms with van der Waals surface area (Å²) in [4.78, 5) is 0. The molecule has 0 spiro atoms. The van der Waals surface area contributed by atoms with Crippen molar-refractivity contribution in [2.24, 2.45) is 0 Å². The van der Waals surface area contributed by atoms with E-state index >= 15 is 0 Å². The fraction of sp³-hybridized carbons (Fsp3) is 0.538. The Labute approximate surface area is 110 Å². The van der Waals surface area contributed by atoms with E-state index in [9.17, 15) is 8.78 Å². The van der Waals surface area contributed by atoms with Gasteiger partial charge < -0.3 is 5.32 Å². The van der Waals surface area contributed by atoms with Gasteiger partial charge in [-0.2, -0.15) is 0 Å². The van der Waals surface area contributed by atoms with Gasteiger partial charge >= 0.3 is 0 Å². The molecule has 0 fully saturated rings. The number of hydrogen-bond donors (Lipinski definition) is 1. The zero-order chi connectivity index (χ0) is 12.8. The number of benzene rings is 1. The van der Waals surface area contributed by atoms with Gasteiger partial charge in [0.1, 0.15) is 0 Å². The van der Waals surface area contributed by atoms with E-state index in [1.54, 1.807) is 6.07 Å². The molecule has 0 aliphatic heterocycles. The van der Waals surface area contributed by atoms with Crippen LogP contribution in [0.2, 0.25) is 0 Å². The molecule has 96 valence electrons. The van der Waals surface area contributed by atoms with Gasteiger partial charge in [0.05, 0.1) is 4.47 Å². The van der Waals surface area contributed by atoms with E-state index in [0.717, 1.165) is 31.4 Å². The highest BCUT2D eigenvalue weighted by molar-refractivity contribution is 9.10. The minimum Gasteiger partial charge on any atom is -0.310 e. The molecule has 0 radical (unpaired) electrons. The van der Waals surface area contributed by atoms with E-state index in [4.69, 9.17) is 0 Å². The smallest absolute Gasteiger partial charge is 0.173 e. The maximum Gasteiger partial charge on any atom is 0.173 e. The summed E-state index contributed by atoms with van der Waals surface area (Å²) in [7, 11) is 0. The van der Waals surface area contributed by atoms with Gasteiger partial charge in [-0.3, -0.25) is 0 Å². The van der Waals surface area contributed by atoms with Crippen molar-refractivity contribution in [1.82, 2.24) is 5.32 Å². The van der Waals surface area contributed by atoms with E-state index in [2.05, 4.69) is 28.2 Å². The molecule has 0 aliphatic rings. The second kappa shape index (κ2) is 7.07. The van der Waals surface area contributed by atoms with Crippen LogP contribution in [0, 0.1) is 11.6 Å². The summed E-state index contributed by atoms with van der Waals surface area (Å²) in [5.74, 6) is -1.62. The first-order chi connectivity index (χ1) is 8.11. The predicted octanol–water partition coefficient (Wildman–Crippen LogP) is 4.57. The predicted molar refractivity (Wildman–Crippen MR) is 70.0 cm³/mol. The van der Waals surface area contributed by atoms with Crippen LogP contribution in [0.1, 0.15) is 44.7 Å². The summed E-state index contributed by atoms with van der Waals surface area (Å²) >= 11 is 3.14. The topological polar surface area (TPSA) is 12.0 Å². The second-order valence-corrected chi connectivity index (χ2v) is 4.81. The van der Waals surface area contributed by atoms with E-state index < -0.39 is 11.6 Å². The largest absolute Gasteiger partial charge is 0.310 e. The lowest BCUT2D eigenvalue weighted by molar-refractivity contribution is 0.473. The lowest BCUT2D eigenvalue weighted by Crippen LogP contribution is -2.21. The Hall–Kier alpha value is -0.480. The van der Waals surface area contributed by atoms with Crippen LogP contribution < -0.4 is 5.32 Å². The van der Waals surface area contributed by atoms with Crippen molar-refractivity contribution < 1.29 is 8.78 Å². The van der Waals surface area contributed by atoms with E-state index in [-0.39, 0.29) is 10.5 Å². The SMILES string of the molecule is CCCCC(NCC)c1ccc(F)c(F)c1Br. The molecule has 1 rings (SSSR count). The molecule has 1 aromatic carbocycles. The number of hydrogen-bond acceptors (Lipinski definition) is 1. The van der Waals surface area contributed by atoms with Crippen molar-refractivity contribution in [3.63, 3.8) is 0 Å². The highest BCUT2D eigenvalue weighted by atomic mass is 79.9. The molecule has 0 aliphatic carbocycles. The minimum absolute atomic E-state index is 0.0735. The van der Waals surface area contributed by atoms with Gasteiger partial charge in [0.15, 0.2) is 11.6 Å². The van der Waals surface area contributed by atoms with Crippen molar-refractivity contribution in [2.75, 3.05) is 6.54 Å². The van der Waals surface area contributed by atoms with Crippen molar-refractivity contribution in [3.8, 4) is 0 Å². The fourth-order valence-electron chi connectivity index (χ4n) is 1.83. The molecule has 0 aromatic heterocycles. The molecule has 1 unspecified atom stereocenters. The lowest BCUT2D eigenvalue weighted by atomic mass is 10.0. The first-order valence-corrected chi connectivity index (χ1v) is 6.77. The third-order valence-corrected chi connectivity index (χ3v) is 3.54. The van der Waals surface area contributed by atoms with Crippen LogP contribution in [0.4, 0.5) is 8.78 Å². The van der Waals surface area contributed by atoms with Crippen LogP contribution in [-0.2, 0) is 0 Å². The summed E-state index contributed by atoms with van der Waals surface area (Å²) < 4.78 is 26.7. The van der Waals surface area contributed by atoms with Crippen LogP contribution in [0.5, 0.6) is 0 Å². The summed E-state index contributed by atoms with van der Waals surface area (Å²) in [5.41, 5.74) is 0.791. The Bertz CT molecular complexity index is 369. The average molecular weight is 306 g/mol.